The summed E-state index contributed by atoms with van der Waals surface area (Å²) in [6.45, 7) is -0.135. The first-order valence-electron chi connectivity index (χ1n) is 17.2. The average Bonchev–Trinajstić information content (AvgIpc) is 3.86. The predicted molar refractivity (Wildman–Crippen MR) is 219 cm³/mol. The highest BCUT2D eigenvalue weighted by molar-refractivity contribution is 8.07. The summed E-state index contributed by atoms with van der Waals surface area (Å²) in [7, 11) is 1.33. The van der Waals surface area contributed by atoms with Crippen molar-refractivity contribution in [2.45, 2.75) is 33.7 Å². The van der Waals surface area contributed by atoms with E-state index in [1.54, 1.807) is 17.5 Å². The first-order chi connectivity index (χ1) is 27.3. The fourth-order valence-corrected chi connectivity index (χ4v) is 11.3. The number of carboxylic acids is 1. The van der Waals surface area contributed by atoms with Crippen molar-refractivity contribution in [3.8, 4) is 0 Å². The van der Waals surface area contributed by atoms with Gasteiger partial charge in [-0.3, -0.25) is 14.5 Å². The number of amides is 2. The summed E-state index contributed by atoms with van der Waals surface area (Å²) in [4.78, 5) is 55.9. The minimum absolute atomic E-state index is 0.119. The van der Waals surface area contributed by atoms with Gasteiger partial charge < -0.3 is 25.7 Å². The number of hydrogen-bond donors (Lipinski definition) is 4. The van der Waals surface area contributed by atoms with Gasteiger partial charge in [0.1, 0.15) is 29.4 Å². The standard InChI is InChI=1S/C40H32N6O6S4/c1-52-45-32(28-22-53-38(41-28)44-40(24-11-5-2-6-12-24,25-13-7-3-8-14-25)26-15-9-4-10-16-26)35(49)43-36-34(33(37(50)51)46-30(48)20-31(46)55-36)56-39-42-27-18-17-23(21-47)19-29(27)54-39/h2-19,22,31,36,47H,20-21H2,1H3,(H,41,44)(H,43,49)(H,50,51)/t31-,36?/m0/s1. The number of nitrogens with one attached hydrogen (secondary N) is 2. The number of nitrogens with zero attached hydrogens (tertiary/aromatic N) is 4. The smallest absolute Gasteiger partial charge is 0.353 e. The fraction of sp³-hybridized carbons (Fsp3) is 0.150. The molecule has 0 spiro atoms. The van der Waals surface area contributed by atoms with Crippen molar-refractivity contribution >= 4 is 85.0 Å². The second-order valence-corrected chi connectivity index (χ2v) is 17.1. The van der Waals surface area contributed by atoms with Crippen LogP contribution in [0.25, 0.3) is 10.2 Å². The van der Waals surface area contributed by atoms with E-state index >= 15 is 0 Å². The number of aliphatic hydroxyl groups excluding tert-OH is 1. The third kappa shape index (κ3) is 7.05. The Morgan fingerprint density at radius 3 is 2.18 bits per heavy atom. The summed E-state index contributed by atoms with van der Waals surface area (Å²) in [5, 5.41) is 31.7. The van der Waals surface area contributed by atoms with E-state index in [4.69, 9.17) is 9.82 Å². The number of aliphatic hydroxyl groups is 1. The number of rotatable bonds is 13. The maximum atomic E-state index is 14.2. The van der Waals surface area contributed by atoms with Gasteiger partial charge in [-0.05, 0) is 34.4 Å². The molecule has 2 amide bonds. The van der Waals surface area contributed by atoms with Gasteiger partial charge in [-0.1, -0.05) is 114 Å². The van der Waals surface area contributed by atoms with Gasteiger partial charge in [0.05, 0.1) is 33.5 Å². The van der Waals surface area contributed by atoms with E-state index in [2.05, 4.69) is 57.2 Å². The normalized spacial score (nSPS) is 17.0. The van der Waals surface area contributed by atoms with Gasteiger partial charge in [-0.2, -0.15) is 0 Å². The van der Waals surface area contributed by atoms with Crippen molar-refractivity contribution in [3.05, 3.63) is 153 Å². The molecule has 2 atom stereocenters. The second-order valence-electron chi connectivity index (χ2n) is 12.6. The molecule has 0 radical (unpaired) electrons. The molecule has 2 aliphatic rings. The molecule has 8 rings (SSSR count). The molecule has 2 aliphatic heterocycles. The number of thioether (sulfide) groups is 2. The van der Waals surface area contributed by atoms with Crippen LogP contribution in [0.3, 0.4) is 0 Å². The highest BCUT2D eigenvalue weighted by Gasteiger charge is 2.50. The lowest BCUT2D eigenvalue weighted by Gasteiger charge is -2.46. The van der Waals surface area contributed by atoms with Crippen LogP contribution in [0.4, 0.5) is 5.13 Å². The Morgan fingerprint density at radius 2 is 1.61 bits per heavy atom. The van der Waals surface area contributed by atoms with Crippen LogP contribution in [0.15, 0.2) is 135 Å². The Kier molecular flexibility index (Phi) is 10.6. The Hall–Kier alpha value is -5.52. The number of anilines is 1. The number of fused-ring (bicyclic) bond motifs is 2. The summed E-state index contributed by atoms with van der Waals surface area (Å²) in [6.07, 6.45) is 0.128. The van der Waals surface area contributed by atoms with Crippen LogP contribution < -0.4 is 10.6 Å². The molecular formula is C40H32N6O6S4. The molecule has 4 aromatic carbocycles. The molecule has 6 aromatic rings. The second kappa shape index (κ2) is 15.9. The van der Waals surface area contributed by atoms with Gasteiger partial charge in [0.15, 0.2) is 15.2 Å². The maximum Gasteiger partial charge on any atom is 0.353 e. The number of carbonyl (C=O) groups is 3. The van der Waals surface area contributed by atoms with Crippen molar-refractivity contribution < 1.29 is 29.4 Å². The van der Waals surface area contributed by atoms with E-state index in [1.165, 1.54) is 46.4 Å². The number of aliphatic carboxylic acids is 1. The van der Waals surface area contributed by atoms with Gasteiger partial charge in [0.25, 0.3) is 5.91 Å². The zero-order chi connectivity index (χ0) is 38.8. The van der Waals surface area contributed by atoms with E-state index in [0.29, 0.717) is 20.6 Å². The summed E-state index contributed by atoms with van der Waals surface area (Å²) >= 11 is 4.95. The van der Waals surface area contributed by atoms with Crippen molar-refractivity contribution in [1.82, 2.24) is 20.2 Å². The summed E-state index contributed by atoms with van der Waals surface area (Å²) < 4.78 is 1.31. The fourth-order valence-electron chi connectivity index (χ4n) is 6.68. The summed E-state index contributed by atoms with van der Waals surface area (Å²) in [5.74, 6) is -2.27. The van der Waals surface area contributed by atoms with E-state index in [0.717, 1.165) is 33.2 Å². The zero-order valence-corrected chi connectivity index (χ0v) is 32.8. The van der Waals surface area contributed by atoms with E-state index in [1.807, 2.05) is 60.7 Å². The van der Waals surface area contributed by atoms with Gasteiger partial charge in [-0.15, -0.1) is 34.4 Å². The molecule has 0 aliphatic carbocycles. The first kappa shape index (κ1) is 37.4. The lowest BCUT2D eigenvalue weighted by atomic mass is 9.77. The van der Waals surface area contributed by atoms with E-state index in [9.17, 15) is 24.6 Å². The zero-order valence-electron chi connectivity index (χ0n) is 29.5. The topological polar surface area (TPSA) is 166 Å². The largest absolute Gasteiger partial charge is 0.477 e. The van der Waals surface area contributed by atoms with Crippen molar-refractivity contribution in [2.24, 2.45) is 5.16 Å². The van der Waals surface area contributed by atoms with Gasteiger partial charge >= 0.3 is 5.97 Å². The number of oxime groups is 1. The van der Waals surface area contributed by atoms with Crippen molar-refractivity contribution in [2.75, 3.05) is 12.4 Å². The molecule has 1 saturated heterocycles. The lowest BCUT2D eigenvalue weighted by molar-refractivity contribution is -0.146. The summed E-state index contributed by atoms with van der Waals surface area (Å²) in [6, 6.07) is 35.5. The Bertz CT molecular complexity index is 2400. The minimum Gasteiger partial charge on any atom is -0.477 e. The number of aromatic nitrogens is 2. The molecule has 0 saturated carbocycles. The third-order valence-corrected chi connectivity index (χ3v) is 13.7. The van der Waals surface area contributed by atoms with Gasteiger partial charge in [0.2, 0.25) is 5.91 Å². The molecule has 12 nitrogen and oxygen atoms in total. The Labute approximate surface area is 337 Å². The number of thiazole rings is 2. The van der Waals surface area contributed by atoms with Crippen molar-refractivity contribution in [1.29, 1.82) is 0 Å². The molecule has 4 N–H and O–H groups in total. The Morgan fingerprint density at radius 1 is 0.964 bits per heavy atom. The molecule has 1 unspecified atom stereocenters. The number of carboxylic acid groups (broad SMARTS) is 1. The molecule has 1 fully saturated rings. The van der Waals surface area contributed by atoms with Gasteiger partial charge in [0, 0.05) is 5.38 Å². The molecular weight excluding hydrogens is 789 g/mol. The lowest BCUT2D eigenvalue weighted by Crippen LogP contribution is -2.57. The molecule has 16 heteroatoms. The number of carbonyl (C=O) groups excluding carboxylic acids is 2. The first-order valence-corrected chi connectivity index (χ1v) is 20.7. The highest BCUT2D eigenvalue weighted by Crippen LogP contribution is 2.49. The number of hydrogen-bond acceptors (Lipinski definition) is 13. The van der Waals surface area contributed by atoms with Crippen LogP contribution in [0.2, 0.25) is 0 Å². The molecule has 56 heavy (non-hydrogen) atoms. The third-order valence-electron chi connectivity index (χ3n) is 9.25. The molecule has 2 aromatic heterocycles. The Balaban J connectivity index is 1.13. The SMILES string of the molecule is CON=C(C(=O)NC1S[C@H]2CC(=O)N2C(C(=O)O)=C1Sc1nc2ccc(CO)cc2s1)c1csc(NC(c2ccccc2)(c2ccccc2)c2ccccc2)n1. The quantitative estimate of drug-likeness (QED) is 0.0417. The predicted octanol–water partition coefficient (Wildman–Crippen LogP) is 6.84. The van der Waals surface area contributed by atoms with Crippen LogP contribution in [0.1, 0.15) is 34.4 Å². The monoisotopic (exact) mass is 820 g/mol. The van der Waals surface area contributed by atoms with Crippen LogP contribution in [-0.2, 0) is 31.4 Å². The van der Waals surface area contributed by atoms with Crippen LogP contribution >= 0.6 is 46.2 Å². The summed E-state index contributed by atoms with van der Waals surface area (Å²) in [5.41, 5.74) is 3.36. The van der Waals surface area contributed by atoms with Crippen LogP contribution in [0.5, 0.6) is 0 Å². The van der Waals surface area contributed by atoms with Crippen LogP contribution in [-0.4, -0.2) is 66.4 Å². The van der Waals surface area contributed by atoms with Crippen LogP contribution in [0, 0.1) is 0 Å². The average molecular weight is 821 g/mol. The molecule has 0 bridgehead atoms. The molecule has 4 heterocycles. The number of benzene rings is 4. The minimum atomic E-state index is -1.30. The van der Waals surface area contributed by atoms with Crippen molar-refractivity contribution in [3.63, 3.8) is 0 Å². The highest BCUT2D eigenvalue weighted by atomic mass is 32.2. The maximum absolute atomic E-state index is 14.2. The number of β-lactam (4-membered cyclic amide) rings is 1. The van der Waals surface area contributed by atoms with E-state index in [-0.39, 0.29) is 40.9 Å². The van der Waals surface area contributed by atoms with E-state index < -0.39 is 28.2 Å². The molecule has 282 valence electrons. The van der Waals surface area contributed by atoms with Gasteiger partial charge in [-0.25, -0.2) is 14.8 Å².